The van der Waals surface area contributed by atoms with Gasteiger partial charge in [-0.3, -0.25) is 4.79 Å². The normalized spacial score (nSPS) is 13.6. The highest BCUT2D eigenvalue weighted by Crippen LogP contribution is 2.38. The molecule has 0 bridgehead atoms. The highest BCUT2D eigenvalue weighted by atomic mass is 28.4. The van der Waals surface area contributed by atoms with Gasteiger partial charge in [0.1, 0.15) is 11.7 Å². The number of hydrogen-bond donors (Lipinski definition) is 1. The van der Waals surface area contributed by atoms with Crippen molar-refractivity contribution in [1.29, 1.82) is 0 Å². The Hall–Kier alpha value is -3.14. The second-order valence-electron chi connectivity index (χ2n) is 11.1. The van der Waals surface area contributed by atoms with Crippen molar-refractivity contribution >= 4 is 30.6 Å². The lowest BCUT2D eigenvalue weighted by molar-refractivity contribution is -0.121. The number of alkyl carbamates (subject to hydrolysis) is 1. The molecule has 0 aromatic heterocycles. The molecule has 192 valence electrons. The second kappa shape index (κ2) is 11.7. The van der Waals surface area contributed by atoms with Gasteiger partial charge >= 0.3 is 6.09 Å². The first kappa shape index (κ1) is 29.1. The Kier molecular flexibility index (Phi) is 9.48. The van der Waals surface area contributed by atoms with E-state index in [1.807, 2.05) is 74.5 Å². The van der Waals surface area contributed by atoms with E-state index in [4.69, 9.17) is 15.6 Å². The smallest absolute Gasteiger partial charge is 0.408 e. The maximum Gasteiger partial charge on any atom is 0.408 e. The van der Waals surface area contributed by atoms with E-state index >= 15 is 0 Å². The minimum Gasteiger partial charge on any atom is -0.444 e. The molecule has 0 spiro atoms. The Balaban J connectivity index is 2.75. The quantitative estimate of drug-likeness (QED) is 0.238. The van der Waals surface area contributed by atoms with Crippen LogP contribution in [0.2, 0.25) is 5.04 Å². The van der Waals surface area contributed by atoms with E-state index < -0.39 is 37.9 Å². The molecule has 2 atom stereocenters. The van der Waals surface area contributed by atoms with Crippen LogP contribution in [-0.4, -0.2) is 37.9 Å². The lowest BCUT2D eigenvalue weighted by Gasteiger charge is -2.45. The lowest BCUT2D eigenvalue weighted by atomic mass is 10.0. The van der Waals surface area contributed by atoms with Gasteiger partial charge < -0.3 is 14.5 Å². The number of allylic oxidation sites excluding steroid dienone is 1. The Bertz CT molecular complexity index is 1060. The molecule has 0 heterocycles. The molecule has 5 nitrogen and oxygen atoms in total. The molecular formula is C30H39NO4Si. The van der Waals surface area contributed by atoms with Crippen LogP contribution in [-0.2, 0) is 14.0 Å². The summed E-state index contributed by atoms with van der Waals surface area (Å²) < 4.78 is 12.5. The van der Waals surface area contributed by atoms with Crippen molar-refractivity contribution in [3.63, 3.8) is 0 Å². The minimum absolute atomic E-state index is 0.385. The third-order valence-corrected chi connectivity index (χ3v) is 10.7. The van der Waals surface area contributed by atoms with Crippen LogP contribution in [0, 0.1) is 12.3 Å². The van der Waals surface area contributed by atoms with Crippen molar-refractivity contribution in [2.45, 2.75) is 78.2 Å². The second-order valence-corrected chi connectivity index (χ2v) is 15.4. The van der Waals surface area contributed by atoms with E-state index in [0.717, 1.165) is 15.9 Å². The molecule has 2 rings (SSSR count). The number of benzene rings is 2. The summed E-state index contributed by atoms with van der Waals surface area (Å²) in [5.41, 5.74) is 0.196. The minimum atomic E-state index is -3.14. The van der Waals surface area contributed by atoms with Crippen LogP contribution in [0.3, 0.4) is 0 Å². The molecule has 0 aliphatic carbocycles. The van der Waals surface area contributed by atoms with Crippen molar-refractivity contribution < 1.29 is 18.8 Å². The summed E-state index contributed by atoms with van der Waals surface area (Å²) in [7, 11) is -3.14. The predicted molar refractivity (Wildman–Crippen MR) is 149 cm³/mol. The number of nitrogens with one attached hydrogen (secondary N) is 1. The molecule has 0 unspecified atom stereocenters. The van der Waals surface area contributed by atoms with Crippen LogP contribution in [0.15, 0.2) is 72.3 Å². The number of amides is 1. The van der Waals surface area contributed by atoms with Crippen LogP contribution in [0.25, 0.3) is 0 Å². The maximum absolute atomic E-state index is 13.3. The van der Waals surface area contributed by atoms with Gasteiger partial charge in [-0.05, 0) is 56.0 Å². The van der Waals surface area contributed by atoms with E-state index in [2.05, 4.69) is 32.0 Å². The van der Waals surface area contributed by atoms with E-state index in [9.17, 15) is 9.59 Å². The topological polar surface area (TPSA) is 64.6 Å². The van der Waals surface area contributed by atoms with Gasteiger partial charge in [-0.2, -0.15) is 0 Å². The SMILES string of the molecule is C#CC(=O)[C@@H](O[Si](c1ccccc1)(c1ccccc1)C(C)(C)C)[C@@H](C=C(C)C)NC(=O)OC(C)(C)C. The molecule has 0 fully saturated rings. The summed E-state index contributed by atoms with van der Waals surface area (Å²) in [4.78, 5) is 26.1. The highest BCUT2D eigenvalue weighted by Gasteiger charge is 2.53. The number of terminal acetylenes is 1. The summed E-state index contributed by atoms with van der Waals surface area (Å²) in [6.07, 6.45) is 5.68. The van der Waals surface area contributed by atoms with Crippen LogP contribution in [0.1, 0.15) is 55.4 Å². The fourth-order valence-corrected chi connectivity index (χ4v) is 8.91. The average molecular weight is 506 g/mol. The van der Waals surface area contributed by atoms with Gasteiger partial charge in [0.2, 0.25) is 5.78 Å². The van der Waals surface area contributed by atoms with Gasteiger partial charge in [0, 0.05) is 0 Å². The molecule has 6 heteroatoms. The van der Waals surface area contributed by atoms with Crippen molar-refractivity contribution in [3.8, 4) is 12.3 Å². The molecular weight excluding hydrogens is 466 g/mol. The summed E-state index contributed by atoms with van der Waals surface area (Å²) in [6, 6.07) is 19.1. The van der Waals surface area contributed by atoms with Crippen molar-refractivity contribution in [2.24, 2.45) is 0 Å². The maximum atomic E-state index is 13.3. The lowest BCUT2D eigenvalue weighted by Crippen LogP contribution is -2.69. The van der Waals surface area contributed by atoms with Crippen LogP contribution >= 0.6 is 0 Å². The van der Waals surface area contributed by atoms with Crippen molar-refractivity contribution in [3.05, 3.63) is 72.3 Å². The number of hydrogen-bond acceptors (Lipinski definition) is 4. The van der Waals surface area contributed by atoms with Crippen LogP contribution in [0.4, 0.5) is 4.79 Å². The zero-order chi connectivity index (χ0) is 27.1. The van der Waals surface area contributed by atoms with Crippen molar-refractivity contribution in [2.75, 3.05) is 0 Å². The molecule has 0 saturated heterocycles. The van der Waals surface area contributed by atoms with Gasteiger partial charge in [-0.25, -0.2) is 4.79 Å². The summed E-state index contributed by atoms with van der Waals surface area (Å²) in [5.74, 6) is 1.71. The first-order valence-electron chi connectivity index (χ1n) is 12.1. The number of carbonyl (C=O) groups excluding carboxylic acids is 2. The average Bonchev–Trinajstić information content (AvgIpc) is 2.78. The van der Waals surface area contributed by atoms with Gasteiger partial charge in [-0.1, -0.05) is 93.1 Å². The molecule has 36 heavy (non-hydrogen) atoms. The molecule has 0 aliphatic rings. The number of ether oxygens (including phenoxy) is 1. The molecule has 1 amide bonds. The molecule has 0 aliphatic heterocycles. The highest BCUT2D eigenvalue weighted by molar-refractivity contribution is 6.99. The fraction of sp³-hybridized carbons (Fsp3) is 0.400. The Labute approximate surface area is 217 Å². The third-order valence-electron chi connectivity index (χ3n) is 5.64. The zero-order valence-corrected chi connectivity index (χ0v) is 23.7. The molecule has 0 saturated carbocycles. The predicted octanol–water partition coefficient (Wildman–Crippen LogP) is 4.99. The van der Waals surface area contributed by atoms with E-state index in [0.29, 0.717) is 0 Å². The van der Waals surface area contributed by atoms with Gasteiger partial charge in [0.15, 0.2) is 0 Å². The van der Waals surface area contributed by atoms with Crippen LogP contribution < -0.4 is 15.7 Å². The molecule has 1 N–H and O–H groups in total. The number of ketones is 1. The van der Waals surface area contributed by atoms with E-state index in [-0.39, 0.29) is 5.04 Å². The number of rotatable bonds is 8. The summed E-state index contributed by atoms with van der Waals surface area (Å²) >= 11 is 0. The first-order valence-corrected chi connectivity index (χ1v) is 14.1. The molecule has 2 aromatic carbocycles. The number of Topliss-reactive ketones (excluding diaryl/α,β-unsaturated/α-hetero) is 1. The monoisotopic (exact) mass is 505 g/mol. The van der Waals surface area contributed by atoms with Crippen LogP contribution in [0.5, 0.6) is 0 Å². The third kappa shape index (κ3) is 7.19. The van der Waals surface area contributed by atoms with Gasteiger partial charge in [-0.15, -0.1) is 6.42 Å². The van der Waals surface area contributed by atoms with E-state index in [1.165, 1.54) is 0 Å². The van der Waals surface area contributed by atoms with Crippen molar-refractivity contribution in [1.82, 2.24) is 5.32 Å². The van der Waals surface area contributed by atoms with E-state index in [1.54, 1.807) is 26.8 Å². The fourth-order valence-electron chi connectivity index (χ4n) is 4.26. The zero-order valence-electron chi connectivity index (χ0n) is 22.7. The Morgan fingerprint density at radius 2 is 1.39 bits per heavy atom. The largest absolute Gasteiger partial charge is 0.444 e. The van der Waals surface area contributed by atoms with Gasteiger partial charge in [0.05, 0.1) is 6.04 Å². The Morgan fingerprint density at radius 3 is 1.75 bits per heavy atom. The first-order chi connectivity index (χ1) is 16.7. The summed E-state index contributed by atoms with van der Waals surface area (Å²) in [5, 5.41) is 4.47. The standard InChI is InChI=1S/C30H39NO4Si/c1-10-26(32)27(25(21-22(2)3)31-28(33)34-29(4,5)6)35-36(30(7,8)9,23-17-13-11-14-18-23)24-19-15-12-16-20-24/h1,11-21,25,27H,2-9H3,(H,31,33)/t25-,27+/m1/s1. The Morgan fingerprint density at radius 1 is 0.917 bits per heavy atom. The molecule has 2 aromatic rings. The molecule has 0 radical (unpaired) electrons. The van der Waals surface area contributed by atoms with Gasteiger partial charge in [0.25, 0.3) is 8.32 Å². The summed E-state index contributed by atoms with van der Waals surface area (Å²) in [6.45, 7) is 15.5. The number of carbonyl (C=O) groups is 2.